The van der Waals surface area contributed by atoms with E-state index in [2.05, 4.69) is 12.2 Å². The van der Waals surface area contributed by atoms with Gasteiger partial charge in [0.05, 0.1) is 6.61 Å². The first-order valence-corrected chi connectivity index (χ1v) is 26.4. The average Bonchev–Trinajstić information content (AvgIpc) is 3.22. The molecule has 0 aliphatic carbocycles. The molecule has 0 saturated heterocycles. The van der Waals surface area contributed by atoms with E-state index in [4.69, 9.17) is 15.6 Å². The molecule has 1 unspecified atom stereocenters. The van der Waals surface area contributed by atoms with Crippen molar-refractivity contribution in [2.75, 3.05) is 19.7 Å². The molecule has 58 heavy (non-hydrogen) atoms. The summed E-state index contributed by atoms with van der Waals surface area (Å²) in [4.78, 5) is 22.5. The largest absolute Gasteiger partial charge is 0.481 e. The van der Waals surface area contributed by atoms with Crippen LogP contribution in [0.5, 0.6) is 0 Å². The molecule has 0 rings (SSSR count). The third-order valence-electron chi connectivity index (χ3n) is 12.5. The number of nitrogens with two attached hydrogens (primary N) is 1. The summed E-state index contributed by atoms with van der Waals surface area (Å²) in [5.74, 6) is -0.639. The summed E-state index contributed by atoms with van der Waals surface area (Å²) in [5.41, 5.74) is 6.07. The minimum atomic E-state index is -0.658. The Hall–Kier alpha value is -1.14. The van der Waals surface area contributed by atoms with Crippen LogP contribution in [0.4, 0.5) is 0 Å². The fourth-order valence-corrected chi connectivity index (χ4v) is 8.47. The Labute approximate surface area is 362 Å². The first-order chi connectivity index (χ1) is 28.6. The minimum absolute atomic E-state index is 0.0187. The molecule has 0 heterocycles. The number of hydrogen-bond acceptors (Lipinski definition) is 5. The lowest BCUT2D eigenvalue weighted by molar-refractivity contribution is -0.144. The number of esters is 1. The summed E-state index contributed by atoms with van der Waals surface area (Å²) < 4.78 is 5.46. The second-order valence-electron chi connectivity index (χ2n) is 18.3. The zero-order chi connectivity index (χ0) is 42.1. The topological polar surface area (TPSA) is 102 Å². The van der Waals surface area contributed by atoms with E-state index in [1.165, 1.54) is 250 Å². The van der Waals surface area contributed by atoms with Crippen LogP contribution in [0.1, 0.15) is 296 Å². The highest BCUT2D eigenvalue weighted by Gasteiger charge is 2.06. The molecular formula is C52H104N2O4. The molecule has 1 atom stereocenters. The van der Waals surface area contributed by atoms with Crippen molar-refractivity contribution in [2.24, 2.45) is 5.73 Å². The van der Waals surface area contributed by atoms with Crippen molar-refractivity contribution in [3.63, 3.8) is 0 Å². The molecule has 0 bridgehead atoms. The monoisotopic (exact) mass is 821 g/mol. The lowest BCUT2D eigenvalue weighted by Crippen LogP contribution is -2.36. The van der Waals surface area contributed by atoms with Gasteiger partial charge in [-0.05, 0) is 38.6 Å². The number of rotatable bonds is 51. The normalized spacial score (nSPS) is 12.0. The van der Waals surface area contributed by atoms with Gasteiger partial charge in [-0.1, -0.05) is 251 Å². The van der Waals surface area contributed by atoms with Crippen LogP contribution in [0, 0.1) is 0 Å². The number of nitrogens with one attached hydrogen (secondary N) is 1. The van der Waals surface area contributed by atoms with Crippen molar-refractivity contribution in [3.8, 4) is 0 Å². The molecule has 0 aliphatic rings. The maximum absolute atomic E-state index is 12.0. The van der Waals surface area contributed by atoms with Gasteiger partial charge in [0, 0.05) is 25.4 Å². The summed E-state index contributed by atoms with van der Waals surface area (Å²) in [6.07, 6.45) is 57.5. The van der Waals surface area contributed by atoms with Crippen molar-refractivity contribution in [1.82, 2.24) is 5.32 Å². The fraction of sp³-hybridized carbons (Fsp3) is 0.962. The number of carboxylic acids is 1. The van der Waals surface area contributed by atoms with E-state index in [1.54, 1.807) is 0 Å². The molecule has 0 aromatic rings. The maximum atomic E-state index is 12.0. The fourth-order valence-electron chi connectivity index (χ4n) is 8.47. The van der Waals surface area contributed by atoms with Gasteiger partial charge in [-0.25, -0.2) is 0 Å². The second-order valence-corrected chi connectivity index (χ2v) is 18.3. The second kappa shape index (κ2) is 50.2. The Kier molecular flexibility index (Phi) is 49.2. The summed E-state index contributed by atoms with van der Waals surface area (Å²) in [5, 5.41) is 12.4. The van der Waals surface area contributed by atoms with Crippen LogP contribution < -0.4 is 11.1 Å². The van der Waals surface area contributed by atoms with Crippen molar-refractivity contribution in [2.45, 2.75) is 302 Å². The van der Waals surface area contributed by atoms with Crippen LogP contribution in [0.25, 0.3) is 0 Å². The Morgan fingerprint density at radius 2 is 0.741 bits per heavy atom. The predicted molar refractivity (Wildman–Crippen MR) is 253 cm³/mol. The van der Waals surface area contributed by atoms with Gasteiger partial charge in [0.1, 0.15) is 0 Å². The van der Waals surface area contributed by atoms with Gasteiger partial charge in [0.25, 0.3) is 0 Å². The lowest BCUT2D eigenvalue weighted by atomic mass is 10.0. The minimum Gasteiger partial charge on any atom is -0.481 e. The zero-order valence-corrected chi connectivity index (χ0v) is 39.3. The van der Waals surface area contributed by atoms with Crippen molar-refractivity contribution in [3.05, 3.63) is 0 Å². The molecule has 0 aromatic carbocycles. The van der Waals surface area contributed by atoms with Gasteiger partial charge >= 0.3 is 11.9 Å². The molecule has 0 aliphatic heterocycles. The van der Waals surface area contributed by atoms with Gasteiger partial charge in [-0.15, -0.1) is 0 Å². The zero-order valence-electron chi connectivity index (χ0n) is 39.3. The molecular weight excluding hydrogens is 717 g/mol. The third kappa shape index (κ3) is 49.2. The Balaban J connectivity index is 3.27. The number of carboxylic acid groups (broad SMARTS) is 1. The smallest absolute Gasteiger partial charge is 0.305 e. The van der Waals surface area contributed by atoms with Crippen LogP contribution in [0.15, 0.2) is 0 Å². The van der Waals surface area contributed by atoms with E-state index in [0.29, 0.717) is 25.5 Å². The molecule has 0 saturated carbocycles. The number of unbranched alkanes of at least 4 members (excludes halogenated alkanes) is 39. The van der Waals surface area contributed by atoms with Crippen LogP contribution in [0.3, 0.4) is 0 Å². The maximum Gasteiger partial charge on any atom is 0.305 e. The highest BCUT2D eigenvalue weighted by molar-refractivity contribution is 5.69. The van der Waals surface area contributed by atoms with E-state index >= 15 is 0 Å². The van der Waals surface area contributed by atoms with Crippen molar-refractivity contribution in [1.29, 1.82) is 0 Å². The Morgan fingerprint density at radius 1 is 0.431 bits per heavy atom. The molecule has 0 radical (unpaired) electrons. The number of hydrogen-bond donors (Lipinski definition) is 3. The summed E-state index contributed by atoms with van der Waals surface area (Å²) in [6, 6.07) is 0.499. The number of ether oxygens (including phenoxy) is 1. The molecule has 6 heteroatoms. The predicted octanol–water partition coefficient (Wildman–Crippen LogP) is 16.1. The number of carbonyl (C=O) groups excluding carboxylic acids is 1. The first-order valence-electron chi connectivity index (χ1n) is 26.4. The van der Waals surface area contributed by atoms with Crippen molar-refractivity contribution < 1.29 is 19.4 Å². The van der Waals surface area contributed by atoms with Gasteiger partial charge in [0.2, 0.25) is 0 Å². The number of aliphatic carboxylic acids is 1. The lowest BCUT2D eigenvalue weighted by Gasteiger charge is -2.16. The van der Waals surface area contributed by atoms with Crippen LogP contribution in [-0.2, 0) is 14.3 Å². The highest BCUT2D eigenvalue weighted by Crippen LogP contribution is 2.17. The van der Waals surface area contributed by atoms with E-state index in [9.17, 15) is 9.59 Å². The van der Waals surface area contributed by atoms with E-state index in [1.807, 2.05) is 0 Å². The number of carbonyl (C=O) groups is 2. The quantitative estimate of drug-likeness (QED) is 0.0417. The van der Waals surface area contributed by atoms with Gasteiger partial charge in [-0.2, -0.15) is 0 Å². The van der Waals surface area contributed by atoms with Crippen LogP contribution >= 0.6 is 0 Å². The molecule has 4 N–H and O–H groups in total. The van der Waals surface area contributed by atoms with Crippen LogP contribution in [-0.4, -0.2) is 42.8 Å². The third-order valence-corrected chi connectivity index (χ3v) is 12.5. The Bertz CT molecular complexity index is 808. The average molecular weight is 821 g/mol. The highest BCUT2D eigenvalue weighted by atomic mass is 16.5. The molecule has 0 fully saturated rings. The van der Waals surface area contributed by atoms with Gasteiger partial charge in [-0.3, -0.25) is 9.59 Å². The summed E-state index contributed by atoms with van der Waals surface area (Å²) >= 11 is 0. The van der Waals surface area contributed by atoms with Gasteiger partial charge in [0.15, 0.2) is 0 Å². The van der Waals surface area contributed by atoms with Crippen molar-refractivity contribution >= 4 is 11.9 Å². The van der Waals surface area contributed by atoms with E-state index < -0.39 is 5.97 Å². The molecule has 0 spiro atoms. The summed E-state index contributed by atoms with van der Waals surface area (Å²) in [6.45, 7) is 4.80. The van der Waals surface area contributed by atoms with E-state index in [-0.39, 0.29) is 5.97 Å². The van der Waals surface area contributed by atoms with E-state index in [0.717, 1.165) is 38.8 Å². The van der Waals surface area contributed by atoms with Crippen LogP contribution in [0.2, 0.25) is 0 Å². The molecule has 346 valence electrons. The standard InChI is InChI=1S/C52H104N2O4/c1-2-3-4-5-6-7-8-23-28-33-38-43-48-58-52(57)46-41-36-31-26-21-17-13-10-14-18-22-27-32-37-42-47-54-50(49-53)44-39-34-29-24-19-15-11-9-12-16-20-25-30-35-40-45-51(55)56/h50,54H,2-49,53H2,1H3,(H,55,56). The summed E-state index contributed by atoms with van der Waals surface area (Å²) in [7, 11) is 0. The molecule has 6 nitrogen and oxygen atoms in total. The SMILES string of the molecule is CCCCCCCCCCCCCCOC(=O)CCCCCCCCCCCCCCCCCNC(CN)CCCCCCCCCCCCCCCCCC(=O)O. The Morgan fingerprint density at radius 3 is 1.10 bits per heavy atom. The molecule has 0 amide bonds. The van der Waals surface area contributed by atoms with Gasteiger partial charge < -0.3 is 20.9 Å². The molecule has 0 aromatic heterocycles. The first kappa shape index (κ1) is 56.9.